The predicted octanol–water partition coefficient (Wildman–Crippen LogP) is 2.02. The van der Waals surface area contributed by atoms with Gasteiger partial charge in [-0.15, -0.1) is 0 Å². The monoisotopic (exact) mass is 477 g/mol. The smallest absolute Gasteiger partial charge is 0.243 e. The SMILES string of the molecule is O=C(CCC(=O)N1CCN(S(=O)(=O)c2ccccc2)CC1)NCCCOc1ccc(F)cc1. The van der Waals surface area contributed by atoms with Crippen molar-refractivity contribution in [2.24, 2.45) is 0 Å². The van der Waals surface area contributed by atoms with Crippen LogP contribution in [0.25, 0.3) is 0 Å². The molecular formula is C23H28FN3O5S. The highest BCUT2D eigenvalue weighted by atomic mass is 32.2. The Balaban J connectivity index is 1.30. The van der Waals surface area contributed by atoms with E-state index in [1.165, 1.54) is 28.6 Å². The largest absolute Gasteiger partial charge is 0.494 e. The highest BCUT2D eigenvalue weighted by Gasteiger charge is 2.29. The van der Waals surface area contributed by atoms with Crippen LogP contribution in [0, 0.1) is 5.82 Å². The zero-order valence-corrected chi connectivity index (χ0v) is 19.1. The van der Waals surface area contributed by atoms with Gasteiger partial charge in [0.2, 0.25) is 21.8 Å². The van der Waals surface area contributed by atoms with Gasteiger partial charge in [0.25, 0.3) is 0 Å². The molecule has 0 aliphatic carbocycles. The molecule has 33 heavy (non-hydrogen) atoms. The van der Waals surface area contributed by atoms with E-state index in [1.54, 1.807) is 35.2 Å². The van der Waals surface area contributed by atoms with E-state index in [4.69, 9.17) is 4.74 Å². The Labute approximate surface area is 193 Å². The first kappa shape index (κ1) is 24.7. The number of rotatable bonds is 10. The zero-order chi connectivity index (χ0) is 23.7. The van der Waals surface area contributed by atoms with E-state index in [1.807, 2.05) is 0 Å². The zero-order valence-electron chi connectivity index (χ0n) is 18.3. The van der Waals surface area contributed by atoms with Crippen LogP contribution >= 0.6 is 0 Å². The fraction of sp³-hybridized carbons (Fsp3) is 0.391. The molecule has 0 aromatic heterocycles. The molecule has 1 N–H and O–H groups in total. The number of sulfonamides is 1. The van der Waals surface area contributed by atoms with Crippen LogP contribution in [-0.4, -0.2) is 68.8 Å². The molecule has 0 bridgehead atoms. The Morgan fingerprint density at radius 1 is 0.939 bits per heavy atom. The standard InChI is InChI=1S/C23H28FN3O5S/c24-19-7-9-20(10-8-19)32-18-4-13-25-22(28)11-12-23(29)26-14-16-27(17-15-26)33(30,31)21-5-2-1-3-6-21/h1-3,5-10H,4,11-18H2,(H,25,28). The molecule has 0 saturated carbocycles. The van der Waals surface area contributed by atoms with E-state index in [0.29, 0.717) is 38.4 Å². The first-order chi connectivity index (χ1) is 15.9. The van der Waals surface area contributed by atoms with Crippen molar-refractivity contribution in [1.82, 2.24) is 14.5 Å². The van der Waals surface area contributed by atoms with Gasteiger partial charge in [-0.25, -0.2) is 12.8 Å². The summed E-state index contributed by atoms with van der Waals surface area (Å²) in [6.45, 7) is 1.83. The minimum atomic E-state index is -3.57. The van der Waals surface area contributed by atoms with Gasteiger partial charge in [0.15, 0.2) is 0 Å². The van der Waals surface area contributed by atoms with Crippen LogP contribution in [0.15, 0.2) is 59.5 Å². The van der Waals surface area contributed by atoms with Gasteiger partial charge in [0, 0.05) is 45.6 Å². The topological polar surface area (TPSA) is 96.0 Å². The molecule has 1 heterocycles. The Morgan fingerprint density at radius 3 is 2.27 bits per heavy atom. The Hall–Kier alpha value is -2.98. The van der Waals surface area contributed by atoms with Crippen molar-refractivity contribution in [3.8, 4) is 5.75 Å². The maximum atomic E-state index is 12.8. The second-order valence-corrected chi connectivity index (χ2v) is 9.54. The van der Waals surface area contributed by atoms with E-state index in [2.05, 4.69) is 5.32 Å². The molecule has 1 aliphatic rings. The lowest BCUT2D eigenvalue weighted by Crippen LogP contribution is -2.50. The van der Waals surface area contributed by atoms with Crippen molar-refractivity contribution >= 4 is 21.8 Å². The molecule has 1 saturated heterocycles. The summed E-state index contributed by atoms with van der Waals surface area (Å²) in [5.74, 6) is -0.162. The van der Waals surface area contributed by atoms with Gasteiger partial charge in [0.1, 0.15) is 11.6 Å². The van der Waals surface area contributed by atoms with Crippen molar-refractivity contribution in [2.45, 2.75) is 24.2 Å². The summed E-state index contributed by atoms with van der Waals surface area (Å²) < 4.78 is 45.0. The van der Waals surface area contributed by atoms with Crippen LogP contribution in [0.3, 0.4) is 0 Å². The van der Waals surface area contributed by atoms with Crippen LogP contribution < -0.4 is 10.1 Å². The van der Waals surface area contributed by atoms with E-state index < -0.39 is 10.0 Å². The van der Waals surface area contributed by atoms with Crippen molar-refractivity contribution in [2.75, 3.05) is 39.3 Å². The minimum Gasteiger partial charge on any atom is -0.494 e. The first-order valence-corrected chi connectivity index (χ1v) is 12.3. The number of benzene rings is 2. The molecule has 2 amide bonds. The summed E-state index contributed by atoms with van der Waals surface area (Å²) in [6, 6.07) is 13.9. The molecular weight excluding hydrogens is 449 g/mol. The van der Waals surface area contributed by atoms with Crippen LogP contribution in [0.5, 0.6) is 5.75 Å². The van der Waals surface area contributed by atoms with Crippen molar-refractivity contribution in [3.63, 3.8) is 0 Å². The lowest BCUT2D eigenvalue weighted by atomic mass is 10.2. The van der Waals surface area contributed by atoms with E-state index in [9.17, 15) is 22.4 Å². The summed E-state index contributed by atoms with van der Waals surface area (Å²) >= 11 is 0. The number of amides is 2. The van der Waals surface area contributed by atoms with Crippen LogP contribution in [0.4, 0.5) is 4.39 Å². The van der Waals surface area contributed by atoms with Gasteiger partial charge in [-0.2, -0.15) is 4.31 Å². The average Bonchev–Trinajstić information content (AvgIpc) is 2.84. The number of hydrogen-bond donors (Lipinski definition) is 1. The molecule has 0 atom stereocenters. The molecule has 0 spiro atoms. The third kappa shape index (κ3) is 7.26. The van der Waals surface area contributed by atoms with Crippen molar-refractivity contribution < 1.29 is 27.1 Å². The highest BCUT2D eigenvalue weighted by molar-refractivity contribution is 7.89. The van der Waals surface area contributed by atoms with Crippen LogP contribution in [0.2, 0.25) is 0 Å². The quantitative estimate of drug-likeness (QED) is 0.529. The van der Waals surface area contributed by atoms with Gasteiger partial charge in [-0.05, 0) is 42.8 Å². The third-order valence-corrected chi connectivity index (χ3v) is 7.18. The lowest BCUT2D eigenvalue weighted by Gasteiger charge is -2.34. The van der Waals surface area contributed by atoms with Gasteiger partial charge >= 0.3 is 0 Å². The predicted molar refractivity (Wildman–Crippen MR) is 121 cm³/mol. The molecule has 178 valence electrons. The molecule has 2 aromatic rings. The molecule has 1 aliphatic heterocycles. The second kappa shape index (κ2) is 11.8. The van der Waals surface area contributed by atoms with E-state index >= 15 is 0 Å². The molecule has 10 heteroatoms. The van der Waals surface area contributed by atoms with E-state index in [0.717, 1.165) is 0 Å². The normalized spacial score (nSPS) is 14.6. The maximum absolute atomic E-state index is 12.8. The number of ether oxygens (including phenoxy) is 1. The fourth-order valence-electron chi connectivity index (χ4n) is 3.41. The minimum absolute atomic E-state index is 0.0696. The van der Waals surface area contributed by atoms with Crippen molar-refractivity contribution in [3.05, 3.63) is 60.4 Å². The van der Waals surface area contributed by atoms with Crippen molar-refractivity contribution in [1.29, 1.82) is 0 Å². The van der Waals surface area contributed by atoms with Crippen LogP contribution in [0.1, 0.15) is 19.3 Å². The maximum Gasteiger partial charge on any atom is 0.243 e. The van der Waals surface area contributed by atoms with Gasteiger partial charge in [-0.1, -0.05) is 18.2 Å². The first-order valence-electron chi connectivity index (χ1n) is 10.8. The number of halogens is 1. The number of nitrogens with zero attached hydrogens (tertiary/aromatic N) is 2. The molecule has 8 nitrogen and oxygen atoms in total. The molecule has 2 aromatic carbocycles. The van der Waals surface area contributed by atoms with Crippen LogP contribution in [-0.2, 0) is 19.6 Å². The average molecular weight is 478 g/mol. The summed E-state index contributed by atoms with van der Waals surface area (Å²) in [7, 11) is -3.57. The molecule has 1 fully saturated rings. The van der Waals surface area contributed by atoms with Gasteiger partial charge in [0.05, 0.1) is 11.5 Å². The Bertz CT molecular complexity index is 1020. The fourth-order valence-corrected chi connectivity index (χ4v) is 4.85. The summed E-state index contributed by atoms with van der Waals surface area (Å²) in [6.07, 6.45) is 0.721. The summed E-state index contributed by atoms with van der Waals surface area (Å²) in [4.78, 5) is 26.2. The molecule has 3 rings (SSSR count). The number of hydrogen-bond acceptors (Lipinski definition) is 5. The van der Waals surface area contributed by atoms with Gasteiger partial charge < -0.3 is 15.0 Å². The Kier molecular flexibility index (Phi) is 8.79. The van der Waals surface area contributed by atoms with E-state index in [-0.39, 0.29) is 48.5 Å². The number of nitrogens with one attached hydrogen (secondary N) is 1. The number of carbonyl (C=O) groups excluding carboxylic acids is 2. The Morgan fingerprint density at radius 2 is 1.61 bits per heavy atom. The number of piperazine rings is 1. The molecule has 0 radical (unpaired) electrons. The summed E-state index contributed by atoms with van der Waals surface area (Å²) in [5.41, 5.74) is 0. The highest BCUT2D eigenvalue weighted by Crippen LogP contribution is 2.17. The lowest BCUT2D eigenvalue weighted by molar-refractivity contribution is -0.134. The molecule has 0 unspecified atom stereocenters. The number of carbonyl (C=O) groups is 2. The second-order valence-electron chi connectivity index (χ2n) is 7.60. The third-order valence-electron chi connectivity index (χ3n) is 5.26. The van der Waals surface area contributed by atoms with Gasteiger partial charge in [-0.3, -0.25) is 9.59 Å². The summed E-state index contributed by atoms with van der Waals surface area (Å²) in [5, 5.41) is 2.74.